The fraction of sp³-hybridized carbons (Fsp3) is 1.00. The van der Waals surface area contributed by atoms with E-state index < -0.39 is 0 Å². The van der Waals surface area contributed by atoms with Gasteiger partial charge in [0.15, 0.2) is 0 Å². The summed E-state index contributed by atoms with van der Waals surface area (Å²) in [6, 6.07) is 1.98. The highest BCUT2D eigenvalue weighted by Gasteiger charge is 2.42. The molecule has 1 saturated carbocycles. The summed E-state index contributed by atoms with van der Waals surface area (Å²) in [5.41, 5.74) is 0. The zero-order valence-electron chi connectivity index (χ0n) is 14.7. The van der Waals surface area contributed by atoms with Crippen LogP contribution in [0, 0.1) is 0 Å². The van der Waals surface area contributed by atoms with Crippen molar-refractivity contribution < 1.29 is 56.9 Å². The smallest absolute Gasteiger partial charge is 0.0892 e. The predicted octanol–water partition coefficient (Wildman–Crippen LogP) is -2.43. The lowest BCUT2D eigenvalue weighted by Gasteiger charge is -2.50. The molecule has 22 heavy (non-hydrogen) atoms. The van der Waals surface area contributed by atoms with Crippen LogP contribution in [0.4, 0.5) is 0 Å². The van der Waals surface area contributed by atoms with Crippen LogP contribution in [0.3, 0.4) is 0 Å². The first kappa shape index (κ1) is 21.4. The van der Waals surface area contributed by atoms with Gasteiger partial charge in [-0.15, -0.1) is 0 Å². The maximum atomic E-state index is 2.56. The summed E-state index contributed by atoms with van der Waals surface area (Å²) in [6.45, 7) is 5.84. The molecule has 0 aromatic rings. The molecule has 3 aliphatic rings. The Morgan fingerprint density at radius 1 is 0.500 bits per heavy atom. The van der Waals surface area contributed by atoms with Gasteiger partial charge in [0.25, 0.3) is 0 Å². The minimum Gasteiger partial charge on any atom is -1.00 e. The summed E-state index contributed by atoms with van der Waals surface area (Å²) in [4.78, 5) is 0. The Morgan fingerprint density at radius 3 is 1.05 bits per heavy atom. The largest absolute Gasteiger partial charge is 1.00 e. The van der Waals surface area contributed by atoms with Crippen LogP contribution in [-0.4, -0.2) is 61.3 Å². The molecule has 4 heteroatoms. The topological polar surface area (TPSA) is 0 Å². The van der Waals surface area contributed by atoms with Gasteiger partial charge in [0.1, 0.15) is 0 Å². The Hall–Kier alpha value is 1.38. The SMILES string of the molecule is C[N+]1(C2CCC([N+]3(C)CCCCC3)CC2)CCCCC1.[I-].[I-]. The average molecular weight is 534 g/mol. The molecule has 0 unspecified atom stereocenters. The van der Waals surface area contributed by atoms with Crippen molar-refractivity contribution in [1.29, 1.82) is 0 Å². The van der Waals surface area contributed by atoms with Crippen LogP contribution in [0.5, 0.6) is 0 Å². The maximum absolute atomic E-state index is 2.56. The second kappa shape index (κ2) is 9.18. The third-order valence-corrected chi connectivity index (χ3v) is 7.11. The first-order chi connectivity index (χ1) is 9.62. The molecular weight excluding hydrogens is 498 g/mol. The molecule has 0 aromatic carbocycles. The Balaban J connectivity index is 0.00000121. The van der Waals surface area contributed by atoms with Gasteiger partial charge in [0.05, 0.1) is 52.4 Å². The number of piperidine rings is 2. The van der Waals surface area contributed by atoms with Gasteiger partial charge in [-0.3, -0.25) is 0 Å². The molecule has 3 rings (SSSR count). The highest BCUT2D eigenvalue weighted by molar-refractivity contribution is 4.76. The Kier molecular flexibility index (Phi) is 8.94. The van der Waals surface area contributed by atoms with E-state index in [4.69, 9.17) is 0 Å². The molecular formula is C18H36I2N2. The van der Waals surface area contributed by atoms with Crippen molar-refractivity contribution in [2.24, 2.45) is 0 Å². The van der Waals surface area contributed by atoms with E-state index in [-0.39, 0.29) is 48.0 Å². The summed E-state index contributed by atoms with van der Waals surface area (Å²) < 4.78 is 2.83. The molecule has 2 saturated heterocycles. The average Bonchev–Trinajstić information content (AvgIpc) is 2.49. The van der Waals surface area contributed by atoms with E-state index in [1.807, 2.05) is 0 Å². The Morgan fingerprint density at radius 2 is 0.773 bits per heavy atom. The van der Waals surface area contributed by atoms with Crippen LogP contribution in [0.15, 0.2) is 0 Å². The number of rotatable bonds is 2. The molecule has 0 N–H and O–H groups in total. The molecule has 2 nitrogen and oxygen atoms in total. The monoisotopic (exact) mass is 534 g/mol. The van der Waals surface area contributed by atoms with Crippen molar-refractivity contribution in [2.75, 3.05) is 40.3 Å². The second-order valence-electron chi connectivity index (χ2n) is 8.44. The molecule has 0 aromatic heterocycles. The fourth-order valence-corrected chi connectivity index (χ4v) is 5.50. The normalized spacial score (nSPS) is 34.1. The van der Waals surface area contributed by atoms with Gasteiger partial charge < -0.3 is 56.9 Å². The lowest BCUT2D eigenvalue weighted by molar-refractivity contribution is -0.952. The van der Waals surface area contributed by atoms with E-state index in [0.29, 0.717) is 0 Å². The second-order valence-corrected chi connectivity index (χ2v) is 8.44. The lowest BCUT2D eigenvalue weighted by atomic mass is 9.85. The van der Waals surface area contributed by atoms with Crippen LogP contribution in [0.2, 0.25) is 0 Å². The van der Waals surface area contributed by atoms with Gasteiger partial charge in [0.2, 0.25) is 0 Å². The maximum Gasteiger partial charge on any atom is 0.0892 e. The molecule has 3 fully saturated rings. The van der Waals surface area contributed by atoms with Crippen molar-refractivity contribution in [2.45, 2.75) is 76.3 Å². The number of halogens is 2. The molecule has 2 heterocycles. The highest BCUT2D eigenvalue weighted by atomic mass is 127. The molecule has 0 radical (unpaired) electrons. The van der Waals surface area contributed by atoms with E-state index in [0.717, 1.165) is 12.1 Å². The third-order valence-electron chi connectivity index (χ3n) is 7.11. The molecule has 0 bridgehead atoms. The standard InChI is InChI=1S/C18H36N2.2HI/c1-19(13-5-3-6-14-19)17-9-11-18(12-10-17)20(2)15-7-4-8-16-20;;/h17-18H,3-16H2,1-2H3;2*1H/q+2;;/p-2. The number of nitrogens with zero attached hydrogens (tertiary/aromatic N) is 2. The molecule has 1 aliphatic carbocycles. The van der Waals surface area contributed by atoms with Gasteiger partial charge in [-0.2, -0.15) is 0 Å². The summed E-state index contributed by atoms with van der Waals surface area (Å²) in [5, 5.41) is 0. The van der Waals surface area contributed by atoms with Crippen LogP contribution < -0.4 is 48.0 Å². The quantitative estimate of drug-likeness (QED) is 0.273. The molecule has 132 valence electrons. The lowest BCUT2D eigenvalue weighted by Crippen LogP contribution is -3.00. The van der Waals surface area contributed by atoms with E-state index >= 15 is 0 Å². The minimum atomic E-state index is 0. The zero-order valence-corrected chi connectivity index (χ0v) is 19.0. The zero-order chi connectivity index (χ0) is 14.1. The van der Waals surface area contributed by atoms with E-state index in [2.05, 4.69) is 14.1 Å². The molecule has 0 amide bonds. The summed E-state index contributed by atoms with van der Waals surface area (Å²) >= 11 is 0. The first-order valence-electron chi connectivity index (χ1n) is 9.31. The minimum absolute atomic E-state index is 0. The molecule has 2 aliphatic heterocycles. The Bertz CT molecular complexity index is 283. The van der Waals surface area contributed by atoms with Gasteiger partial charge in [-0.05, 0) is 38.5 Å². The number of quaternary nitrogens is 2. The van der Waals surface area contributed by atoms with Gasteiger partial charge in [-0.1, -0.05) is 0 Å². The predicted molar refractivity (Wildman–Crippen MR) is 85.6 cm³/mol. The highest BCUT2D eigenvalue weighted by Crippen LogP contribution is 2.35. The summed E-state index contributed by atoms with van der Waals surface area (Å²) in [7, 11) is 5.11. The van der Waals surface area contributed by atoms with Crippen molar-refractivity contribution in [3.8, 4) is 0 Å². The van der Waals surface area contributed by atoms with Gasteiger partial charge in [0, 0.05) is 25.7 Å². The van der Waals surface area contributed by atoms with E-state index in [9.17, 15) is 0 Å². The fourth-order valence-electron chi connectivity index (χ4n) is 5.50. The van der Waals surface area contributed by atoms with Crippen molar-refractivity contribution >= 4 is 0 Å². The molecule has 0 spiro atoms. The van der Waals surface area contributed by atoms with E-state index in [1.54, 1.807) is 0 Å². The first-order valence-corrected chi connectivity index (χ1v) is 9.31. The molecule has 0 atom stereocenters. The number of hydrogen-bond acceptors (Lipinski definition) is 0. The van der Waals surface area contributed by atoms with Crippen LogP contribution in [0.1, 0.15) is 64.2 Å². The third kappa shape index (κ3) is 4.72. The van der Waals surface area contributed by atoms with Crippen molar-refractivity contribution in [3.63, 3.8) is 0 Å². The summed E-state index contributed by atoms with van der Waals surface area (Å²) in [5.74, 6) is 0. The Labute approximate surface area is 172 Å². The number of likely N-dealkylation sites (tertiary alicyclic amines) is 2. The van der Waals surface area contributed by atoms with Gasteiger partial charge >= 0.3 is 0 Å². The van der Waals surface area contributed by atoms with Crippen LogP contribution in [0.25, 0.3) is 0 Å². The van der Waals surface area contributed by atoms with Crippen LogP contribution >= 0.6 is 0 Å². The van der Waals surface area contributed by atoms with E-state index in [1.165, 1.54) is 99.4 Å². The van der Waals surface area contributed by atoms with Crippen molar-refractivity contribution in [1.82, 2.24) is 0 Å². The van der Waals surface area contributed by atoms with Crippen LogP contribution in [-0.2, 0) is 0 Å². The summed E-state index contributed by atoms with van der Waals surface area (Å²) in [6.07, 6.45) is 14.9. The van der Waals surface area contributed by atoms with Gasteiger partial charge in [-0.25, -0.2) is 0 Å². The number of hydrogen-bond donors (Lipinski definition) is 0. The van der Waals surface area contributed by atoms with Crippen molar-refractivity contribution in [3.05, 3.63) is 0 Å².